The lowest BCUT2D eigenvalue weighted by atomic mass is 10.00. The van der Waals surface area contributed by atoms with E-state index in [1.165, 1.54) is 6.42 Å². The van der Waals surface area contributed by atoms with Gasteiger partial charge in [0.05, 0.1) is 12.8 Å². The van der Waals surface area contributed by atoms with Gasteiger partial charge in [-0.05, 0) is 56.8 Å². The smallest absolute Gasteiger partial charge is 0.260 e. The number of piperidine rings is 1. The Balaban J connectivity index is 1.41. The first kappa shape index (κ1) is 24.2. The van der Waals surface area contributed by atoms with Crippen LogP contribution in [0.25, 0.3) is 0 Å². The van der Waals surface area contributed by atoms with Crippen LogP contribution in [0, 0.1) is 11.7 Å². The standard InChI is InChI=1S/C26H28FN5O3/c1-3-24(33)29-19-8-5-11-22(14-19)35-25-23(27)15-28-26(31-25)30-20-9-4-10-21(13-20)34-17-18-7-6-12-32(2)16-18/h3-5,8-11,13-15,18H,1,6-7,12,16-17H2,2H3,(H,29,33)(H,28,30,31). The molecule has 8 nitrogen and oxygen atoms in total. The van der Waals surface area contributed by atoms with Gasteiger partial charge in [-0.2, -0.15) is 9.37 Å². The van der Waals surface area contributed by atoms with Gasteiger partial charge in [0, 0.05) is 36.0 Å². The third-order valence-corrected chi connectivity index (χ3v) is 5.51. The van der Waals surface area contributed by atoms with E-state index in [9.17, 15) is 9.18 Å². The fraction of sp³-hybridized carbons (Fsp3) is 0.269. The predicted octanol–water partition coefficient (Wildman–Crippen LogP) is 5.00. The summed E-state index contributed by atoms with van der Waals surface area (Å²) >= 11 is 0. The molecule has 2 N–H and O–H groups in total. The summed E-state index contributed by atoms with van der Waals surface area (Å²) in [5, 5.41) is 5.69. The minimum Gasteiger partial charge on any atom is -0.493 e. The van der Waals surface area contributed by atoms with E-state index < -0.39 is 5.82 Å². The van der Waals surface area contributed by atoms with Crippen molar-refractivity contribution in [3.63, 3.8) is 0 Å². The summed E-state index contributed by atoms with van der Waals surface area (Å²) in [4.78, 5) is 22.0. The number of nitrogens with one attached hydrogen (secondary N) is 2. The van der Waals surface area contributed by atoms with E-state index in [0.717, 1.165) is 37.5 Å². The number of aromatic nitrogens is 2. The summed E-state index contributed by atoms with van der Waals surface area (Å²) in [6.07, 6.45) is 4.54. The molecule has 0 spiro atoms. The van der Waals surface area contributed by atoms with E-state index in [-0.39, 0.29) is 17.7 Å². The summed E-state index contributed by atoms with van der Waals surface area (Å²) in [6, 6.07) is 14.0. The van der Waals surface area contributed by atoms with Crippen LogP contribution in [0.4, 0.5) is 21.7 Å². The maximum atomic E-state index is 14.3. The zero-order valence-corrected chi connectivity index (χ0v) is 19.5. The molecule has 1 fully saturated rings. The lowest BCUT2D eigenvalue weighted by Crippen LogP contribution is -2.34. The molecule has 2 heterocycles. The minimum absolute atomic E-state index is 0.170. The minimum atomic E-state index is -0.717. The zero-order valence-electron chi connectivity index (χ0n) is 19.5. The fourth-order valence-electron chi connectivity index (χ4n) is 3.84. The molecule has 1 amide bonds. The Bertz CT molecular complexity index is 1190. The maximum absolute atomic E-state index is 14.3. The Morgan fingerprint density at radius 1 is 1.23 bits per heavy atom. The molecule has 1 atom stereocenters. The van der Waals surface area contributed by atoms with Crippen molar-refractivity contribution < 1.29 is 18.7 Å². The molecule has 182 valence electrons. The molecule has 0 radical (unpaired) electrons. The lowest BCUT2D eigenvalue weighted by molar-refractivity contribution is -0.111. The van der Waals surface area contributed by atoms with Crippen LogP contribution in [-0.4, -0.2) is 47.5 Å². The van der Waals surface area contributed by atoms with Crippen molar-refractivity contribution in [2.24, 2.45) is 5.92 Å². The molecule has 0 saturated carbocycles. The largest absolute Gasteiger partial charge is 0.493 e. The summed E-state index contributed by atoms with van der Waals surface area (Å²) < 4.78 is 26.0. The molecule has 2 aromatic carbocycles. The van der Waals surface area contributed by atoms with E-state index in [2.05, 4.69) is 39.1 Å². The number of nitrogens with zero attached hydrogens (tertiary/aromatic N) is 3. The molecule has 1 aliphatic heterocycles. The number of ether oxygens (including phenoxy) is 2. The van der Waals surface area contributed by atoms with E-state index in [1.807, 2.05) is 24.3 Å². The normalized spacial score (nSPS) is 15.8. The summed E-state index contributed by atoms with van der Waals surface area (Å²) in [7, 11) is 2.13. The highest BCUT2D eigenvalue weighted by atomic mass is 19.1. The Morgan fingerprint density at radius 3 is 2.80 bits per heavy atom. The molecule has 3 aromatic rings. The third-order valence-electron chi connectivity index (χ3n) is 5.51. The average Bonchev–Trinajstić information content (AvgIpc) is 2.85. The van der Waals surface area contributed by atoms with E-state index >= 15 is 0 Å². The van der Waals surface area contributed by atoms with Gasteiger partial charge in [-0.15, -0.1) is 0 Å². The third kappa shape index (κ3) is 7.00. The van der Waals surface area contributed by atoms with Gasteiger partial charge in [0.25, 0.3) is 5.88 Å². The van der Waals surface area contributed by atoms with E-state index in [1.54, 1.807) is 24.3 Å². The molecule has 1 unspecified atom stereocenters. The maximum Gasteiger partial charge on any atom is 0.260 e. The van der Waals surface area contributed by atoms with Gasteiger partial charge in [-0.1, -0.05) is 18.7 Å². The van der Waals surface area contributed by atoms with Gasteiger partial charge in [-0.25, -0.2) is 4.98 Å². The SMILES string of the molecule is C=CC(=O)Nc1cccc(Oc2nc(Nc3cccc(OCC4CCCN(C)C4)c3)ncc2F)c1. The van der Waals surface area contributed by atoms with Crippen LogP contribution in [0.2, 0.25) is 0 Å². The predicted molar refractivity (Wildman–Crippen MR) is 133 cm³/mol. The van der Waals surface area contributed by atoms with Crippen molar-refractivity contribution in [3.8, 4) is 17.4 Å². The van der Waals surface area contributed by atoms with Crippen molar-refractivity contribution in [2.45, 2.75) is 12.8 Å². The molecule has 1 saturated heterocycles. The topological polar surface area (TPSA) is 88.6 Å². The van der Waals surface area contributed by atoms with E-state index in [4.69, 9.17) is 9.47 Å². The molecule has 0 bridgehead atoms. The second-order valence-corrected chi connectivity index (χ2v) is 8.40. The number of halogens is 1. The molecule has 1 aliphatic rings. The quantitative estimate of drug-likeness (QED) is 0.420. The van der Waals surface area contributed by atoms with E-state index in [0.29, 0.717) is 29.6 Å². The first-order valence-corrected chi connectivity index (χ1v) is 11.4. The van der Waals surface area contributed by atoms with Gasteiger partial charge in [0.2, 0.25) is 17.7 Å². The van der Waals surface area contributed by atoms with Crippen LogP contribution in [0.3, 0.4) is 0 Å². The Hall–Kier alpha value is -3.98. The van der Waals surface area contributed by atoms with Gasteiger partial charge >= 0.3 is 0 Å². The highest BCUT2D eigenvalue weighted by Crippen LogP contribution is 2.27. The molecule has 1 aromatic heterocycles. The molecular weight excluding hydrogens is 449 g/mol. The number of carbonyl (C=O) groups excluding carboxylic acids is 1. The molecular formula is C26H28FN5O3. The van der Waals surface area contributed by atoms with Gasteiger partial charge in [0.15, 0.2) is 0 Å². The second-order valence-electron chi connectivity index (χ2n) is 8.40. The number of rotatable bonds is 9. The Labute approximate surface area is 203 Å². The average molecular weight is 478 g/mol. The number of hydrogen-bond acceptors (Lipinski definition) is 7. The lowest BCUT2D eigenvalue weighted by Gasteiger charge is -2.29. The van der Waals surface area contributed by atoms with Crippen LogP contribution in [0.15, 0.2) is 67.4 Å². The number of carbonyl (C=O) groups is 1. The first-order chi connectivity index (χ1) is 17.0. The number of likely N-dealkylation sites (tertiary alicyclic amines) is 1. The van der Waals surface area contributed by atoms with Crippen molar-refractivity contribution in [1.29, 1.82) is 0 Å². The Kier molecular flexibility index (Phi) is 7.89. The zero-order chi connectivity index (χ0) is 24.6. The van der Waals surface area contributed by atoms with Crippen LogP contribution in [0.5, 0.6) is 17.4 Å². The van der Waals surface area contributed by atoms with Gasteiger partial charge in [0.1, 0.15) is 11.5 Å². The van der Waals surface area contributed by atoms with Crippen molar-refractivity contribution in [3.05, 3.63) is 73.2 Å². The highest BCUT2D eigenvalue weighted by Gasteiger charge is 2.18. The molecule has 0 aliphatic carbocycles. The van der Waals surface area contributed by atoms with Gasteiger partial charge < -0.3 is 25.0 Å². The summed E-state index contributed by atoms with van der Waals surface area (Å²) in [5.74, 6) is 0.394. The second kappa shape index (κ2) is 11.4. The fourth-order valence-corrected chi connectivity index (χ4v) is 3.84. The molecule has 9 heteroatoms. The molecule has 4 rings (SSSR count). The Morgan fingerprint density at radius 2 is 2.00 bits per heavy atom. The first-order valence-electron chi connectivity index (χ1n) is 11.4. The number of hydrogen-bond donors (Lipinski definition) is 2. The van der Waals surface area contributed by atoms with Crippen molar-refractivity contribution in [2.75, 3.05) is 37.4 Å². The van der Waals surface area contributed by atoms with Crippen LogP contribution in [0.1, 0.15) is 12.8 Å². The number of amides is 1. The van der Waals surface area contributed by atoms with Crippen molar-refractivity contribution in [1.82, 2.24) is 14.9 Å². The molecule has 35 heavy (non-hydrogen) atoms. The number of benzene rings is 2. The monoisotopic (exact) mass is 477 g/mol. The van der Waals surface area contributed by atoms with Crippen LogP contribution >= 0.6 is 0 Å². The summed E-state index contributed by atoms with van der Waals surface area (Å²) in [5.41, 5.74) is 1.19. The number of anilines is 3. The van der Waals surface area contributed by atoms with Crippen molar-refractivity contribution >= 4 is 23.2 Å². The van der Waals surface area contributed by atoms with Gasteiger partial charge in [-0.3, -0.25) is 4.79 Å². The summed E-state index contributed by atoms with van der Waals surface area (Å²) in [6.45, 7) is 6.24. The van der Waals surface area contributed by atoms with Crippen LogP contribution in [-0.2, 0) is 4.79 Å². The van der Waals surface area contributed by atoms with Crippen LogP contribution < -0.4 is 20.1 Å². The highest BCUT2D eigenvalue weighted by molar-refractivity contribution is 5.98.